The van der Waals surface area contributed by atoms with Crippen LogP contribution in [-0.4, -0.2) is 24.5 Å². The number of hydrogen-bond donors (Lipinski definition) is 1. The second-order valence-electron chi connectivity index (χ2n) is 4.37. The standard InChI is InChI=1S/C15H18N2O2S/c1-3-17(15(18)14-13(16)8-9-20-14)10-11-4-6-12(19-2)7-5-11/h4-9H,3,10,16H2,1-2H3. The molecule has 0 aliphatic heterocycles. The largest absolute Gasteiger partial charge is 0.497 e. The predicted molar refractivity (Wildman–Crippen MR) is 82.1 cm³/mol. The van der Waals surface area contributed by atoms with Gasteiger partial charge in [-0.05, 0) is 36.1 Å². The summed E-state index contributed by atoms with van der Waals surface area (Å²) >= 11 is 1.38. The minimum absolute atomic E-state index is 0.0178. The molecule has 0 aliphatic carbocycles. The van der Waals surface area contributed by atoms with Crippen molar-refractivity contribution in [1.29, 1.82) is 0 Å². The Morgan fingerprint density at radius 3 is 2.50 bits per heavy atom. The molecule has 0 radical (unpaired) electrons. The van der Waals surface area contributed by atoms with E-state index in [4.69, 9.17) is 10.5 Å². The number of amides is 1. The number of nitrogen functional groups attached to an aromatic ring is 1. The van der Waals surface area contributed by atoms with Crippen LogP contribution in [0.2, 0.25) is 0 Å². The number of methoxy groups -OCH3 is 1. The van der Waals surface area contributed by atoms with Crippen LogP contribution in [0.3, 0.4) is 0 Å². The van der Waals surface area contributed by atoms with Crippen LogP contribution >= 0.6 is 11.3 Å². The Balaban J connectivity index is 2.12. The molecule has 0 saturated heterocycles. The van der Waals surface area contributed by atoms with Crippen LogP contribution in [0.15, 0.2) is 35.7 Å². The van der Waals surface area contributed by atoms with Gasteiger partial charge in [0.2, 0.25) is 0 Å². The second kappa shape index (κ2) is 6.43. The van der Waals surface area contributed by atoms with E-state index in [-0.39, 0.29) is 5.91 Å². The first-order valence-corrected chi connectivity index (χ1v) is 7.28. The molecule has 0 saturated carbocycles. The van der Waals surface area contributed by atoms with Crippen molar-refractivity contribution in [3.63, 3.8) is 0 Å². The Morgan fingerprint density at radius 1 is 1.30 bits per heavy atom. The van der Waals surface area contributed by atoms with Crippen LogP contribution in [0, 0.1) is 0 Å². The maximum atomic E-state index is 12.4. The molecule has 1 aromatic carbocycles. The average molecular weight is 290 g/mol. The van der Waals surface area contributed by atoms with Gasteiger partial charge in [-0.15, -0.1) is 11.3 Å². The van der Waals surface area contributed by atoms with Crippen molar-refractivity contribution in [2.75, 3.05) is 19.4 Å². The van der Waals surface area contributed by atoms with Crippen LogP contribution in [0.5, 0.6) is 5.75 Å². The molecular formula is C15H18N2O2S. The number of carbonyl (C=O) groups is 1. The minimum atomic E-state index is -0.0178. The lowest BCUT2D eigenvalue weighted by Gasteiger charge is -2.20. The Labute approximate surface area is 122 Å². The number of nitrogens with zero attached hydrogens (tertiary/aromatic N) is 1. The van der Waals surface area contributed by atoms with Gasteiger partial charge in [0.15, 0.2) is 0 Å². The Kier molecular flexibility index (Phi) is 4.63. The number of thiophene rings is 1. The molecular weight excluding hydrogens is 272 g/mol. The summed E-state index contributed by atoms with van der Waals surface area (Å²) in [5, 5.41) is 1.84. The van der Waals surface area contributed by atoms with Crippen molar-refractivity contribution in [2.45, 2.75) is 13.5 Å². The summed E-state index contributed by atoms with van der Waals surface area (Å²) in [5.41, 5.74) is 7.43. The van der Waals surface area contributed by atoms with Crippen LogP contribution in [0.1, 0.15) is 22.2 Å². The highest BCUT2D eigenvalue weighted by Crippen LogP contribution is 2.22. The van der Waals surface area contributed by atoms with Crippen LogP contribution in [-0.2, 0) is 6.54 Å². The lowest BCUT2D eigenvalue weighted by Crippen LogP contribution is -2.30. The zero-order valence-electron chi connectivity index (χ0n) is 11.6. The fourth-order valence-electron chi connectivity index (χ4n) is 1.92. The maximum Gasteiger partial charge on any atom is 0.266 e. The first kappa shape index (κ1) is 14.4. The number of nitrogens with two attached hydrogens (primary N) is 1. The summed E-state index contributed by atoms with van der Waals surface area (Å²) in [7, 11) is 1.64. The lowest BCUT2D eigenvalue weighted by atomic mass is 10.2. The van der Waals surface area contributed by atoms with E-state index in [0.717, 1.165) is 11.3 Å². The van der Waals surface area contributed by atoms with Crippen molar-refractivity contribution in [1.82, 2.24) is 4.90 Å². The number of benzene rings is 1. The van der Waals surface area contributed by atoms with Gasteiger partial charge in [-0.2, -0.15) is 0 Å². The van der Waals surface area contributed by atoms with Gasteiger partial charge < -0.3 is 15.4 Å². The topological polar surface area (TPSA) is 55.6 Å². The highest BCUT2D eigenvalue weighted by molar-refractivity contribution is 7.12. The van der Waals surface area contributed by atoms with Gasteiger partial charge >= 0.3 is 0 Å². The number of hydrogen-bond acceptors (Lipinski definition) is 4. The number of anilines is 1. The highest BCUT2D eigenvalue weighted by atomic mass is 32.1. The summed E-state index contributed by atoms with van der Waals surface area (Å²) in [6.45, 7) is 3.17. The molecule has 4 nitrogen and oxygen atoms in total. The van der Waals surface area contributed by atoms with E-state index in [1.165, 1.54) is 11.3 Å². The number of rotatable bonds is 5. The molecule has 0 fully saturated rings. The summed E-state index contributed by atoms with van der Waals surface area (Å²) in [6.07, 6.45) is 0. The third-order valence-corrected chi connectivity index (χ3v) is 4.01. The van der Waals surface area contributed by atoms with Gasteiger partial charge in [0, 0.05) is 13.1 Å². The molecule has 2 aromatic rings. The molecule has 1 heterocycles. The molecule has 2 N–H and O–H groups in total. The van der Waals surface area contributed by atoms with Gasteiger partial charge in [0.25, 0.3) is 5.91 Å². The summed E-state index contributed by atoms with van der Waals surface area (Å²) in [4.78, 5) is 14.8. The summed E-state index contributed by atoms with van der Waals surface area (Å²) in [6, 6.07) is 9.48. The molecule has 0 bridgehead atoms. The van der Waals surface area contributed by atoms with E-state index in [1.807, 2.05) is 36.6 Å². The first-order valence-electron chi connectivity index (χ1n) is 6.41. The van der Waals surface area contributed by atoms with Crippen molar-refractivity contribution in [2.24, 2.45) is 0 Å². The molecule has 0 aliphatic rings. The Morgan fingerprint density at radius 2 is 2.00 bits per heavy atom. The van der Waals surface area contributed by atoms with E-state index >= 15 is 0 Å². The Hall–Kier alpha value is -2.01. The van der Waals surface area contributed by atoms with Gasteiger partial charge in [-0.25, -0.2) is 0 Å². The number of carbonyl (C=O) groups excluding carboxylic acids is 1. The van der Waals surface area contributed by atoms with E-state index in [0.29, 0.717) is 23.7 Å². The van der Waals surface area contributed by atoms with E-state index < -0.39 is 0 Å². The fourth-order valence-corrected chi connectivity index (χ4v) is 2.70. The van der Waals surface area contributed by atoms with E-state index in [1.54, 1.807) is 18.1 Å². The normalized spacial score (nSPS) is 10.3. The number of ether oxygens (including phenoxy) is 1. The zero-order chi connectivity index (χ0) is 14.5. The molecule has 106 valence electrons. The highest BCUT2D eigenvalue weighted by Gasteiger charge is 2.18. The molecule has 1 aromatic heterocycles. The Bertz CT molecular complexity index is 578. The molecule has 0 atom stereocenters. The summed E-state index contributed by atoms with van der Waals surface area (Å²) in [5.74, 6) is 0.793. The van der Waals surface area contributed by atoms with Gasteiger partial charge in [-0.1, -0.05) is 12.1 Å². The molecule has 1 amide bonds. The van der Waals surface area contributed by atoms with Crippen molar-refractivity contribution >= 4 is 22.9 Å². The van der Waals surface area contributed by atoms with Crippen LogP contribution in [0.25, 0.3) is 0 Å². The second-order valence-corrected chi connectivity index (χ2v) is 5.29. The molecule has 0 unspecified atom stereocenters. The monoisotopic (exact) mass is 290 g/mol. The predicted octanol–water partition coefficient (Wildman–Crippen LogP) is 3.00. The zero-order valence-corrected chi connectivity index (χ0v) is 12.4. The maximum absolute atomic E-state index is 12.4. The van der Waals surface area contributed by atoms with Crippen molar-refractivity contribution in [3.8, 4) is 5.75 Å². The fraction of sp³-hybridized carbons (Fsp3) is 0.267. The minimum Gasteiger partial charge on any atom is -0.497 e. The van der Waals surface area contributed by atoms with Crippen LogP contribution < -0.4 is 10.5 Å². The quantitative estimate of drug-likeness (QED) is 0.921. The van der Waals surface area contributed by atoms with Crippen LogP contribution in [0.4, 0.5) is 5.69 Å². The third kappa shape index (κ3) is 3.11. The van der Waals surface area contributed by atoms with E-state index in [9.17, 15) is 4.79 Å². The molecule has 0 spiro atoms. The molecule has 2 rings (SSSR count). The third-order valence-electron chi connectivity index (χ3n) is 3.09. The van der Waals surface area contributed by atoms with Gasteiger partial charge in [0.1, 0.15) is 10.6 Å². The van der Waals surface area contributed by atoms with Gasteiger partial charge in [-0.3, -0.25) is 4.79 Å². The SMILES string of the molecule is CCN(Cc1ccc(OC)cc1)C(=O)c1sccc1N. The first-order chi connectivity index (χ1) is 9.65. The average Bonchev–Trinajstić information content (AvgIpc) is 2.91. The molecule has 5 heteroatoms. The smallest absolute Gasteiger partial charge is 0.266 e. The summed E-state index contributed by atoms with van der Waals surface area (Å²) < 4.78 is 5.13. The molecule has 20 heavy (non-hydrogen) atoms. The van der Waals surface area contributed by atoms with Crippen molar-refractivity contribution < 1.29 is 9.53 Å². The lowest BCUT2D eigenvalue weighted by molar-refractivity contribution is 0.0758. The van der Waals surface area contributed by atoms with E-state index in [2.05, 4.69) is 0 Å². The van der Waals surface area contributed by atoms with Crippen molar-refractivity contribution in [3.05, 3.63) is 46.2 Å². The van der Waals surface area contributed by atoms with Gasteiger partial charge in [0.05, 0.1) is 12.8 Å².